The highest BCUT2D eigenvalue weighted by molar-refractivity contribution is 5.85. The van der Waals surface area contributed by atoms with Gasteiger partial charge in [0.1, 0.15) is 30.2 Å². The molecule has 2 aromatic heterocycles. The van der Waals surface area contributed by atoms with Crippen LogP contribution in [-0.2, 0) is 23.8 Å². The Balaban J connectivity index is 1.74. The molecule has 0 unspecified atom stereocenters. The Labute approximate surface area is 149 Å². The van der Waals surface area contributed by atoms with Gasteiger partial charge in [-0.2, -0.15) is 0 Å². The number of ether oxygens (including phenoxy) is 3. The van der Waals surface area contributed by atoms with Crippen molar-refractivity contribution in [2.24, 2.45) is 0 Å². The highest BCUT2D eigenvalue weighted by Crippen LogP contribution is 2.47. The summed E-state index contributed by atoms with van der Waals surface area (Å²) in [4.78, 5) is 25.8. The first-order valence-corrected chi connectivity index (χ1v) is 8.12. The van der Waals surface area contributed by atoms with Gasteiger partial charge in [-0.05, 0) is 13.8 Å². The Morgan fingerprint density at radius 1 is 1.31 bits per heavy atom. The summed E-state index contributed by atoms with van der Waals surface area (Å²) in [6, 6.07) is 0. The van der Waals surface area contributed by atoms with E-state index in [-0.39, 0.29) is 11.7 Å². The van der Waals surface area contributed by atoms with Crippen molar-refractivity contribution in [2.45, 2.75) is 44.1 Å². The van der Waals surface area contributed by atoms with Crippen LogP contribution in [0.5, 0.6) is 0 Å². The summed E-state index contributed by atoms with van der Waals surface area (Å²) in [5.41, 5.74) is 7.34. The van der Waals surface area contributed by atoms with E-state index < -0.39 is 30.2 Å². The summed E-state index contributed by atoms with van der Waals surface area (Å²) >= 11 is 0. The molecule has 26 heavy (non-hydrogen) atoms. The van der Waals surface area contributed by atoms with Crippen LogP contribution in [0.4, 0.5) is 5.82 Å². The van der Waals surface area contributed by atoms with Crippen molar-refractivity contribution in [1.82, 2.24) is 15.0 Å². The third-order valence-corrected chi connectivity index (χ3v) is 4.60. The summed E-state index contributed by atoms with van der Waals surface area (Å²) in [6.45, 7) is 3.58. The van der Waals surface area contributed by atoms with Crippen molar-refractivity contribution in [1.29, 1.82) is 0 Å². The highest BCUT2D eigenvalue weighted by Gasteiger charge is 2.59. The first-order valence-electron chi connectivity index (χ1n) is 8.12. The average Bonchev–Trinajstić information content (AvgIpc) is 3.24. The molecule has 0 radical (unpaired) electrons. The van der Waals surface area contributed by atoms with Crippen LogP contribution in [0.25, 0.3) is 11.1 Å². The van der Waals surface area contributed by atoms with Crippen LogP contribution in [0.2, 0.25) is 0 Å². The second kappa shape index (κ2) is 5.88. The van der Waals surface area contributed by atoms with Gasteiger partial charge in [-0.25, -0.2) is 15.0 Å². The Kier molecular flexibility index (Phi) is 3.88. The summed E-state index contributed by atoms with van der Waals surface area (Å²) in [7, 11) is 2.91. The van der Waals surface area contributed by atoms with Crippen LogP contribution < -0.4 is 5.73 Å². The van der Waals surface area contributed by atoms with E-state index in [2.05, 4.69) is 9.97 Å². The quantitative estimate of drug-likeness (QED) is 0.787. The molecule has 0 bridgehead atoms. The van der Waals surface area contributed by atoms with E-state index >= 15 is 0 Å². The Hall–Kier alpha value is -2.27. The molecule has 4 heterocycles. The summed E-state index contributed by atoms with van der Waals surface area (Å²) < 4.78 is 23.5. The van der Waals surface area contributed by atoms with Crippen molar-refractivity contribution in [2.75, 3.05) is 19.9 Å². The van der Waals surface area contributed by atoms with Gasteiger partial charge in [-0.3, -0.25) is 9.63 Å². The molecule has 0 aliphatic carbocycles. The molecule has 140 valence electrons. The van der Waals surface area contributed by atoms with Crippen molar-refractivity contribution in [3.63, 3.8) is 0 Å². The third kappa shape index (κ3) is 2.53. The van der Waals surface area contributed by atoms with Crippen molar-refractivity contribution < 1.29 is 28.3 Å². The minimum Gasteiger partial charge on any atom is -0.458 e. The lowest BCUT2D eigenvalue weighted by Crippen LogP contribution is -2.43. The summed E-state index contributed by atoms with van der Waals surface area (Å²) in [5, 5.41) is 1.10. The Bertz CT molecular complexity index is 852. The number of carbonyl (C=O) groups is 1. The second-order valence-electron chi connectivity index (χ2n) is 6.69. The maximum atomic E-state index is 12.6. The standard InChI is InChI=1S/C16H20N4O6/c1-16(2)25-11-9(7-5-23-10-8(7)18-6-19-14(10)17)24-13(12(11)26-16)15(21)20(3)22-4/h5-6,9,11-13H,1-4H3,(H2,17,18,19)/t9-,11-,12-,13-/m0/s1. The first kappa shape index (κ1) is 17.2. The van der Waals surface area contributed by atoms with Crippen LogP contribution in [-0.4, -0.2) is 59.2 Å². The molecule has 1 amide bonds. The molecule has 0 aromatic carbocycles. The minimum atomic E-state index is -0.888. The second-order valence-corrected chi connectivity index (χ2v) is 6.69. The molecule has 0 saturated carbocycles. The first-order chi connectivity index (χ1) is 12.3. The fraction of sp³-hybridized carbons (Fsp3) is 0.562. The van der Waals surface area contributed by atoms with Crippen molar-refractivity contribution in [3.8, 4) is 0 Å². The van der Waals surface area contributed by atoms with Gasteiger partial charge in [-0.15, -0.1) is 0 Å². The number of hydroxylamine groups is 2. The van der Waals surface area contributed by atoms with E-state index in [4.69, 9.17) is 29.2 Å². The predicted octanol–water partition coefficient (Wildman–Crippen LogP) is 0.785. The smallest absolute Gasteiger partial charge is 0.277 e. The molecule has 4 rings (SSSR count). The number of nitrogen functional groups attached to an aromatic ring is 1. The van der Waals surface area contributed by atoms with Gasteiger partial charge in [0.15, 0.2) is 23.3 Å². The average molecular weight is 364 g/mol. The normalized spacial score (nSPS) is 29.8. The molecule has 4 atom stereocenters. The lowest BCUT2D eigenvalue weighted by atomic mass is 10.0. The third-order valence-electron chi connectivity index (χ3n) is 4.60. The van der Waals surface area contributed by atoms with Gasteiger partial charge in [-0.1, -0.05) is 0 Å². The zero-order valence-corrected chi connectivity index (χ0v) is 14.8. The van der Waals surface area contributed by atoms with E-state index in [9.17, 15) is 4.79 Å². The van der Waals surface area contributed by atoms with Crippen LogP contribution in [0.15, 0.2) is 17.0 Å². The van der Waals surface area contributed by atoms with Crippen molar-refractivity contribution in [3.05, 3.63) is 18.2 Å². The van der Waals surface area contributed by atoms with E-state index in [0.29, 0.717) is 16.7 Å². The molecular weight excluding hydrogens is 344 g/mol. The molecule has 0 spiro atoms. The van der Waals surface area contributed by atoms with Gasteiger partial charge in [0.2, 0.25) is 0 Å². The topological polar surface area (TPSA) is 122 Å². The van der Waals surface area contributed by atoms with E-state index in [1.54, 1.807) is 13.8 Å². The van der Waals surface area contributed by atoms with E-state index in [1.807, 2.05) is 0 Å². The molecule has 10 nitrogen and oxygen atoms in total. The molecular formula is C16H20N4O6. The number of nitrogens with two attached hydrogens (primary N) is 1. The monoisotopic (exact) mass is 364 g/mol. The summed E-state index contributed by atoms with van der Waals surface area (Å²) in [5.74, 6) is -0.991. The minimum absolute atomic E-state index is 0.228. The number of aromatic nitrogens is 2. The molecule has 2 aliphatic heterocycles. The maximum Gasteiger partial charge on any atom is 0.277 e. The lowest BCUT2D eigenvalue weighted by molar-refractivity contribution is -0.206. The molecule has 2 fully saturated rings. The summed E-state index contributed by atoms with van der Waals surface area (Å²) in [6.07, 6.45) is 0.238. The molecule has 2 saturated heterocycles. The number of rotatable bonds is 3. The molecule has 10 heteroatoms. The molecule has 2 aliphatic rings. The van der Waals surface area contributed by atoms with Gasteiger partial charge >= 0.3 is 0 Å². The number of amides is 1. The van der Waals surface area contributed by atoms with E-state index in [1.165, 1.54) is 26.7 Å². The lowest BCUT2D eigenvalue weighted by Gasteiger charge is -2.25. The van der Waals surface area contributed by atoms with Crippen LogP contribution in [0, 0.1) is 0 Å². The Morgan fingerprint density at radius 2 is 2.04 bits per heavy atom. The number of nitrogens with zero attached hydrogens (tertiary/aromatic N) is 3. The zero-order chi connectivity index (χ0) is 18.6. The number of likely N-dealkylation sites (N-methyl/N-ethyl adjacent to an activating group) is 1. The maximum absolute atomic E-state index is 12.6. The largest absolute Gasteiger partial charge is 0.458 e. The van der Waals surface area contributed by atoms with E-state index in [0.717, 1.165) is 5.06 Å². The molecule has 2 N–H and O–H groups in total. The van der Waals surface area contributed by atoms with Gasteiger partial charge < -0.3 is 24.4 Å². The Morgan fingerprint density at radius 3 is 2.77 bits per heavy atom. The number of anilines is 1. The van der Waals surface area contributed by atoms with Crippen molar-refractivity contribution >= 4 is 22.8 Å². The van der Waals surface area contributed by atoms with Crippen LogP contribution >= 0.6 is 0 Å². The number of hydrogen-bond acceptors (Lipinski definition) is 9. The number of hydrogen-bond donors (Lipinski definition) is 1. The predicted molar refractivity (Wildman–Crippen MR) is 87.4 cm³/mol. The highest BCUT2D eigenvalue weighted by atomic mass is 16.8. The number of fused-ring (bicyclic) bond motifs is 2. The van der Waals surface area contributed by atoms with Gasteiger partial charge in [0.05, 0.1) is 13.4 Å². The SMILES string of the molecule is CON(C)C(=O)[C@H]1O[C@@H](c2coc3c(N)ncnc23)[C@@H]2OC(C)(C)O[C@@H]21. The number of carbonyl (C=O) groups excluding carboxylic acids is 1. The number of furan rings is 1. The zero-order valence-electron chi connectivity index (χ0n) is 14.8. The fourth-order valence-corrected chi connectivity index (χ4v) is 3.41. The van der Waals surface area contributed by atoms with Gasteiger partial charge in [0, 0.05) is 12.6 Å². The molecule has 2 aromatic rings. The van der Waals surface area contributed by atoms with Gasteiger partial charge in [0.25, 0.3) is 5.91 Å². The van der Waals surface area contributed by atoms with Crippen LogP contribution in [0.1, 0.15) is 25.5 Å². The van der Waals surface area contributed by atoms with Crippen LogP contribution in [0.3, 0.4) is 0 Å². The fourth-order valence-electron chi connectivity index (χ4n) is 3.41.